The molecule has 0 amide bonds. The van der Waals surface area contributed by atoms with E-state index in [0.29, 0.717) is 5.96 Å². The van der Waals surface area contributed by atoms with Crippen LogP contribution in [0.5, 0.6) is 0 Å². The summed E-state index contributed by atoms with van der Waals surface area (Å²) in [6.45, 7) is 2.08. The van der Waals surface area contributed by atoms with Crippen molar-refractivity contribution in [3.8, 4) is 0 Å². The predicted octanol–water partition coefficient (Wildman–Crippen LogP) is 1.03. The molecule has 5 heteroatoms. The van der Waals surface area contributed by atoms with E-state index in [-0.39, 0.29) is 0 Å². The summed E-state index contributed by atoms with van der Waals surface area (Å²) in [4.78, 5) is 4.29. The van der Waals surface area contributed by atoms with Crippen molar-refractivity contribution < 1.29 is 0 Å². The van der Waals surface area contributed by atoms with Crippen LogP contribution in [0.25, 0.3) is 10.9 Å². The van der Waals surface area contributed by atoms with Gasteiger partial charge >= 0.3 is 0 Å². The SMILES string of the molecule is Cc1cc2cc(C3(N)C=CNC(N)=N3)ccc2n1C. The van der Waals surface area contributed by atoms with E-state index in [9.17, 15) is 0 Å². The van der Waals surface area contributed by atoms with Gasteiger partial charge in [-0.3, -0.25) is 5.73 Å². The Hall–Kier alpha value is -2.27. The third-order valence-electron chi connectivity index (χ3n) is 3.62. The molecule has 3 rings (SSSR count). The molecule has 0 saturated heterocycles. The fourth-order valence-electron chi connectivity index (χ4n) is 2.42. The van der Waals surface area contributed by atoms with Crippen LogP contribution in [0.15, 0.2) is 41.5 Å². The van der Waals surface area contributed by atoms with Crippen LogP contribution in [-0.4, -0.2) is 10.5 Å². The molecular weight excluding hydrogens is 238 g/mol. The van der Waals surface area contributed by atoms with Crippen LogP contribution >= 0.6 is 0 Å². The van der Waals surface area contributed by atoms with Crippen molar-refractivity contribution in [3.63, 3.8) is 0 Å². The molecule has 1 aromatic carbocycles. The van der Waals surface area contributed by atoms with Crippen LogP contribution in [0.3, 0.4) is 0 Å². The first kappa shape index (κ1) is 11.8. The number of nitrogens with two attached hydrogens (primary N) is 2. The molecule has 0 fully saturated rings. The van der Waals surface area contributed by atoms with E-state index in [2.05, 4.69) is 47.0 Å². The van der Waals surface area contributed by atoms with Crippen LogP contribution in [-0.2, 0) is 12.7 Å². The quantitative estimate of drug-likeness (QED) is 0.712. The first-order valence-corrected chi connectivity index (χ1v) is 6.15. The molecule has 0 bridgehead atoms. The molecule has 2 aromatic rings. The Kier molecular flexibility index (Phi) is 2.40. The summed E-state index contributed by atoms with van der Waals surface area (Å²) in [5.74, 6) is 0.328. The highest BCUT2D eigenvalue weighted by molar-refractivity contribution is 5.83. The summed E-state index contributed by atoms with van der Waals surface area (Å²) in [5.41, 5.74) is 14.4. The number of rotatable bonds is 1. The topological polar surface area (TPSA) is 81.4 Å². The minimum atomic E-state index is -0.896. The lowest BCUT2D eigenvalue weighted by Gasteiger charge is -2.25. The van der Waals surface area contributed by atoms with Gasteiger partial charge in [-0.2, -0.15) is 0 Å². The van der Waals surface area contributed by atoms with Gasteiger partial charge in [0.15, 0.2) is 11.6 Å². The van der Waals surface area contributed by atoms with Gasteiger partial charge in [0.05, 0.1) is 0 Å². The largest absolute Gasteiger partial charge is 0.370 e. The minimum absolute atomic E-state index is 0.328. The van der Waals surface area contributed by atoms with E-state index in [1.165, 1.54) is 11.2 Å². The van der Waals surface area contributed by atoms with Crippen molar-refractivity contribution in [1.29, 1.82) is 0 Å². The van der Waals surface area contributed by atoms with Crippen molar-refractivity contribution in [2.75, 3.05) is 0 Å². The van der Waals surface area contributed by atoms with Crippen molar-refractivity contribution in [2.24, 2.45) is 23.5 Å². The van der Waals surface area contributed by atoms with Gasteiger partial charge in [0.1, 0.15) is 0 Å². The highest BCUT2D eigenvalue weighted by Gasteiger charge is 2.26. The van der Waals surface area contributed by atoms with Crippen LogP contribution in [0.1, 0.15) is 11.3 Å². The zero-order valence-electron chi connectivity index (χ0n) is 11.0. The standard InChI is InChI=1S/C14H17N5/c1-9-7-10-8-11(3-4-12(10)19(9)2)14(16)5-6-17-13(15)18-14/h3-8H,16H2,1-2H3,(H3,15,17,18). The zero-order chi connectivity index (χ0) is 13.6. The van der Waals surface area contributed by atoms with E-state index < -0.39 is 5.66 Å². The second-order valence-corrected chi connectivity index (χ2v) is 4.92. The Morgan fingerprint density at radius 2 is 2.11 bits per heavy atom. The molecule has 5 nitrogen and oxygen atoms in total. The first-order chi connectivity index (χ1) is 8.99. The average molecular weight is 255 g/mol. The number of aryl methyl sites for hydroxylation is 2. The van der Waals surface area contributed by atoms with E-state index >= 15 is 0 Å². The minimum Gasteiger partial charge on any atom is -0.370 e. The molecule has 1 aliphatic rings. The number of fused-ring (bicyclic) bond motifs is 1. The Morgan fingerprint density at radius 3 is 2.84 bits per heavy atom. The zero-order valence-corrected chi connectivity index (χ0v) is 11.0. The third-order valence-corrected chi connectivity index (χ3v) is 3.62. The van der Waals surface area contributed by atoms with Crippen molar-refractivity contribution >= 4 is 16.9 Å². The Bertz CT molecular complexity index is 710. The van der Waals surface area contributed by atoms with Crippen molar-refractivity contribution in [1.82, 2.24) is 9.88 Å². The van der Waals surface area contributed by atoms with E-state index in [0.717, 1.165) is 10.9 Å². The van der Waals surface area contributed by atoms with Gasteiger partial charge in [0, 0.05) is 29.8 Å². The summed E-state index contributed by atoms with van der Waals surface area (Å²) in [7, 11) is 2.05. The molecule has 0 aliphatic carbocycles. The van der Waals surface area contributed by atoms with E-state index in [1.807, 2.05) is 6.07 Å². The molecule has 1 aliphatic heterocycles. The molecule has 1 unspecified atom stereocenters. The summed E-state index contributed by atoms with van der Waals surface area (Å²) in [6.07, 6.45) is 3.53. The number of hydrogen-bond acceptors (Lipinski definition) is 4. The van der Waals surface area contributed by atoms with Gasteiger partial charge < -0.3 is 15.6 Å². The molecule has 19 heavy (non-hydrogen) atoms. The van der Waals surface area contributed by atoms with Crippen LogP contribution < -0.4 is 16.8 Å². The molecule has 2 heterocycles. The smallest absolute Gasteiger partial charge is 0.195 e. The molecule has 98 valence electrons. The van der Waals surface area contributed by atoms with Crippen molar-refractivity contribution in [2.45, 2.75) is 12.6 Å². The number of aliphatic imine (C=N–C) groups is 1. The Labute approximate surface area is 111 Å². The Balaban J connectivity index is 2.16. The molecule has 0 radical (unpaired) electrons. The third kappa shape index (κ3) is 1.79. The molecule has 1 atom stereocenters. The lowest BCUT2D eigenvalue weighted by molar-refractivity contribution is 0.582. The summed E-state index contributed by atoms with van der Waals surface area (Å²) in [5, 5.41) is 3.98. The average Bonchev–Trinajstić information content (AvgIpc) is 2.64. The van der Waals surface area contributed by atoms with Gasteiger partial charge in [-0.15, -0.1) is 0 Å². The highest BCUT2D eigenvalue weighted by atomic mass is 15.2. The number of nitrogens with one attached hydrogen (secondary N) is 1. The maximum Gasteiger partial charge on any atom is 0.195 e. The summed E-state index contributed by atoms with van der Waals surface area (Å²) < 4.78 is 2.15. The number of guanidine groups is 1. The van der Waals surface area contributed by atoms with Gasteiger partial charge in [0.2, 0.25) is 0 Å². The molecule has 0 spiro atoms. The first-order valence-electron chi connectivity index (χ1n) is 6.15. The lowest BCUT2D eigenvalue weighted by Crippen LogP contribution is -2.42. The second-order valence-electron chi connectivity index (χ2n) is 4.92. The molecule has 5 N–H and O–H groups in total. The maximum atomic E-state index is 6.31. The predicted molar refractivity (Wildman–Crippen MR) is 77.4 cm³/mol. The van der Waals surface area contributed by atoms with Crippen molar-refractivity contribution in [3.05, 3.63) is 47.8 Å². The van der Waals surface area contributed by atoms with Gasteiger partial charge in [-0.25, -0.2) is 4.99 Å². The number of benzene rings is 1. The number of nitrogens with zero attached hydrogens (tertiary/aromatic N) is 2. The van der Waals surface area contributed by atoms with Gasteiger partial charge in [-0.05, 0) is 36.8 Å². The molecular formula is C14H17N5. The fourth-order valence-corrected chi connectivity index (χ4v) is 2.42. The fraction of sp³-hybridized carbons (Fsp3) is 0.214. The number of hydrogen-bond donors (Lipinski definition) is 3. The maximum absolute atomic E-state index is 6.31. The van der Waals surface area contributed by atoms with Gasteiger partial charge in [0.25, 0.3) is 0 Å². The van der Waals surface area contributed by atoms with Crippen LogP contribution in [0.2, 0.25) is 0 Å². The molecule has 0 saturated carbocycles. The Morgan fingerprint density at radius 1 is 1.32 bits per heavy atom. The molecule has 1 aromatic heterocycles. The summed E-state index contributed by atoms with van der Waals surface area (Å²) >= 11 is 0. The van der Waals surface area contributed by atoms with E-state index in [4.69, 9.17) is 11.5 Å². The van der Waals surface area contributed by atoms with Crippen LogP contribution in [0, 0.1) is 6.92 Å². The monoisotopic (exact) mass is 255 g/mol. The van der Waals surface area contributed by atoms with Gasteiger partial charge in [-0.1, -0.05) is 6.07 Å². The highest BCUT2D eigenvalue weighted by Crippen LogP contribution is 2.27. The lowest BCUT2D eigenvalue weighted by atomic mass is 9.98. The normalized spacial score (nSPS) is 22.4. The van der Waals surface area contributed by atoms with E-state index in [1.54, 1.807) is 12.3 Å². The second kappa shape index (κ2) is 3.86. The number of aromatic nitrogens is 1. The summed E-state index contributed by atoms with van der Waals surface area (Å²) in [6, 6.07) is 8.26. The van der Waals surface area contributed by atoms with Crippen LogP contribution in [0.4, 0.5) is 0 Å².